The van der Waals surface area contributed by atoms with Gasteiger partial charge >= 0.3 is 0 Å². The quantitative estimate of drug-likeness (QED) is 0.598. The molecule has 1 aliphatic carbocycles. The highest BCUT2D eigenvalue weighted by Gasteiger charge is 2.31. The number of nitrogens with zero attached hydrogens (tertiary/aromatic N) is 4. The van der Waals surface area contributed by atoms with E-state index in [2.05, 4.69) is 35.7 Å². The lowest BCUT2D eigenvalue weighted by atomic mass is 10.2. The van der Waals surface area contributed by atoms with Crippen molar-refractivity contribution in [2.75, 3.05) is 47.0 Å². The number of nitrogens with one attached hydrogen (secondary N) is 3. The van der Waals surface area contributed by atoms with Crippen molar-refractivity contribution in [3.63, 3.8) is 0 Å². The summed E-state index contributed by atoms with van der Waals surface area (Å²) in [6, 6.07) is 8.34. The molecule has 2 fully saturated rings. The summed E-state index contributed by atoms with van der Waals surface area (Å²) >= 11 is 0. The molecule has 28 heavy (non-hydrogen) atoms. The van der Waals surface area contributed by atoms with E-state index in [9.17, 15) is 9.59 Å². The fraction of sp³-hybridized carbons (Fsp3) is 0.368. The van der Waals surface area contributed by atoms with Gasteiger partial charge < -0.3 is 20.9 Å². The van der Waals surface area contributed by atoms with Gasteiger partial charge in [-0.1, -0.05) is 0 Å². The highest BCUT2D eigenvalue weighted by Crippen LogP contribution is 2.32. The first-order chi connectivity index (χ1) is 13.8. The Kier molecular flexibility index (Phi) is 5.34. The number of benzene rings is 1. The number of hydrogen-bond acceptors (Lipinski definition) is 7. The van der Waals surface area contributed by atoms with E-state index in [0.717, 1.165) is 37.9 Å². The van der Waals surface area contributed by atoms with Crippen LogP contribution in [0, 0.1) is 0 Å². The maximum absolute atomic E-state index is 11.1. The fourth-order valence-corrected chi connectivity index (χ4v) is 3.51. The summed E-state index contributed by atoms with van der Waals surface area (Å²) in [7, 11) is 0. The average molecular weight is 381 g/mol. The highest BCUT2D eigenvalue weighted by molar-refractivity contribution is 5.85. The lowest BCUT2D eigenvalue weighted by Gasteiger charge is -2.36. The molecule has 2 aromatic rings. The van der Waals surface area contributed by atoms with E-state index in [0.29, 0.717) is 35.8 Å². The first-order valence-corrected chi connectivity index (χ1v) is 9.39. The molecule has 0 unspecified atom stereocenters. The highest BCUT2D eigenvalue weighted by atomic mass is 16.1. The summed E-state index contributed by atoms with van der Waals surface area (Å²) < 4.78 is 0. The van der Waals surface area contributed by atoms with Gasteiger partial charge in [-0.15, -0.1) is 0 Å². The molecule has 1 saturated heterocycles. The van der Waals surface area contributed by atoms with Crippen molar-refractivity contribution in [2.24, 2.45) is 0 Å². The lowest BCUT2D eigenvalue weighted by molar-refractivity contribution is -0.106. The predicted molar refractivity (Wildman–Crippen MR) is 108 cm³/mol. The molecular formula is C19H23N7O2. The van der Waals surface area contributed by atoms with E-state index < -0.39 is 0 Å². The van der Waals surface area contributed by atoms with Crippen LogP contribution in [0.25, 0.3) is 0 Å². The first-order valence-electron chi connectivity index (χ1n) is 9.39. The van der Waals surface area contributed by atoms with Gasteiger partial charge in [0.2, 0.25) is 12.8 Å². The predicted octanol–water partition coefficient (Wildman–Crippen LogP) is 1.64. The van der Waals surface area contributed by atoms with Crippen LogP contribution in [0.5, 0.6) is 0 Å². The Morgan fingerprint density at radius 1 is 0.893 bits per heavy atom. The maximum Gasteiger partial charge on any atom is 0.212 e. The summed E-state index contributed by atoms with van der Waals surface area (Å²) in [4.78, 5) is 34.7. The Balaban J connectivity index is 1.49. The molecule has 1 aromatic carbocycles. The van der Waals surface area contributed by atoms with Crippen LogP contribution in [-0.4, -0.2) is 59.9 Å². The van der Waals surface area contributed by atoms with Gasteiger partial charge in [0.1, 0.15) is 18.0 Å². The Morgan fingerprint density at radius 2 is 1.64 bits per heavy atom. The third-order valence-electron chi connectivity index (χ3n) is 5.10. The molecule has 2 aliphatic rings. The first kappa shape index (κ1) is 18.2. The van der Waals surface area contributed by atoms with Crippen molar-refractivity contribution in [1.82, 2.24) is 14.9 Å². The molecule has 0 radical (unpaired) electrons. The molecule has 3 N–H and O–H groups in total. The topological polar surface area (TPSA) is 102 Å². The van der Waals surface area contributed by atoms with Crippen LogP contribution in [0.3, 0.4) is 0 Å². The van der Waals surface area contributed by atoms with Crippen molar-refractivity contribution in [3.05, 3.63) is 30.6 Å². The van der Waals surface area contributed by atoms with Gasteiger partial charge in [0, 0.05) is 44.0 Å². The minimum atomic E-state index is 0.391. The van der Waals surface area contributed by atoms with Crippen molar-refractivity contribution in [2.45, 2.75) is 18.9 Å². The number of aromatic nitrogens is 2. The number of carbonyl (C=O) groups excluding carboxylic acids is 2. The van der Waals surface area contributed by atoms with E-state index >= 15 is 0 Å². The Labute approximate surface area is 163 Å². The number of carbonyl (C=O) groups is 2. The van der Waals surface area contributed by atoms with Crippen LogP contribution in [-0.2, 0) is 9.59 Å². The SMILES string of the molecule is O=CNc1cc(Nc2ccc(N3CCN(C4CC4)CC3)cc2NC=O)ncn1. The van der Waals surface area contributed by atoms with Gasteiger partial charge in [-0.2, -0.15) is 0 Å². The monoisotopic (exact) mass is 381 g/mol. The standard InChI is InChI=1S/C19H23N7O2/c27-12-22-17-9-15(26-7-5-25(6-8-26)14-1-2-14)3-4-16(17)24-19-10-18(23-13-28)20-11-21-19/h3-4,9-14H,1-2,5-8H2,(H,22,27)(H2,20,21,23,24,28). The smallest absolute Gasteiger partial charge is 0.212 e. The molecule has 1 aromatic heterocycles. The number of piperazine rings is 1. The second kappa shape index (κ2) is 8.22. The number of hydrogen-bond donors (Lipinski definition) is 3. The second-order valence-corrected chi connectivity index (χ2v) is 6.92. The zero-order chi connectivity index (χ0) is 19.3. The normalized spacial score (nSPS) is 17.1. The molecular weight excluding hydrogens is 358 g/mol. The molecule has 0 bridgehead atoms. The molecule has 9 nitrogen and oxygen atoms in total. The van der Waals surface area contributed by atoms with Gasteiger partial charge in [0.15, 0.2) is 0 Å². The van der Waals surface area contributed by atoms with Crippen LogP contribution in [0.1, 0.15) is 12.8 Å². The maximum atomic E-state index is 11.1. The van der Waals surface area contributed by atoms with Gasteiger partial charge in [-0.3, -0.25) is 14.5 Å². The molecule has 146 valence electrons. The van der Waals surface area contributed by atoms with E-state index in [1.807, 2.05) is 18.2 Å². The molecule has 2 heterocycles. The van der Waals surface area contributed by atoms with E-state index in [4.69, 9.17) is 0 Å². The molecule has 0 atom stereocenters. The van der Waals surface area contributed by atoms with Gasteiger partial charge in [0.25, 0.3) is 0 Å². The van der Waals surface area contributed by atoms with E-state index in [1.54, 1.807) is 6.07 Å². The van der Waals surface area contributed by atoms with Crippen LogP contribution in [0.4, 0.5) is 28.7 Å². The zero-order valence-corrected chi connectivity index (χ0v) is 15.5. The van der Waals surface area contributed by atoms with E-state index in [-0.39, 0.29) is 0 Å². The molecule has 1 aliphatic heterocycles. The molecule has 0 spiro atoms. The van der Waals surface area contributed by atoms with Crippen LogP contribution in [0.2, 0.25) is 0 Å². The number of amides is 2. The molecule has 1 saturated carbocycles. The minimum absolute atomic E-state index is 0.391. The minimum Gasteiger partial charge on any atom is -0.369 e. The van der Waals surface area contributed by atoms with Gasteiger partial charge in [-0.25, -0.2) is 9.97 Å². The molecule has 2 amide bonds. The van der Waals surface area contributed by atoms with Crippen LogP contribution < -0.4 is 20.9 Å². The fourth-order valence-electron chi connectivity index (χ4n) is 3.51. The van der Waals surface area contributed by atoms with Crippen molar-refractivity contribution in [1.29, 1.82) is 0 Å². The van der Waals surface area contributed by atoms with Gasteiger partial charge in [-0.05, 0) is 31.0 Å². The van der Waals surface area contributed by atoms with Crippen LogP contribution in [0.15, 0.2) is 30.6 Å². The Bertz CT molecular complexity index is 848. The summed E-state index contributed by atoms with van der Waals surface area (Å²) in [5.41, 5.74) is 2.46. The van der Waals surface area contributed by atoms with E-state index in [1.165, 1.54) is 19.2 Å². The molecule has 4 rings (SSSR count). The number of rotatable bonds is 8. The van der Waals surface area contributed by atoms with Gasteiger partial charge in [0.05, 0.1) is 11.4 Å². The van der Waals surface area contributed by atoms with Crippen LogP contribution >= 0.6 is 0 Å². The average Bonchev–Trinajstić information content (AvgIpc) is 3.56. The Morgan fingerprint density at radius 3 is 2.36 bits per heavy atom. The lowest BCUT2D eigenvalue weighted by Crippen LogP contribution is -2.47. The third kappa shape index (κ3) is 4.20. The summed E-state index contributed by atoms with van der Waals surface area (Å²) in [6.07, 6.45) is 5.24. The summed E-state index contributed by atoms with van der Waals surface area (Å²) in [5.74, 6) is 0.904. The molecule has 9 heteroatoms. The Hall–Kier alpha value is -3.20. The third-order valence-corrected chi connectivity index (χ3v) is 5.10. The summed E-state index contributed by atoms with van der Waals surface area (Å²) in [5, 5.41) is 8.41. The van der Waals surface area contributed by atoms with Crippen molar-refractivity contribution >= 4 is 41.5 Å². The zero-order valence-electron chi connectivity index (χ0n) is 15.5. The van der Waals surface area contributed by atoms with Crippen molar-refractivity contribution < 1.29 is 9.59 Å². The van der Waals surface area contributed by atoms with Crippen molar-refractivity contribution in [3.8, 4) is 0 Å². The summed E-state index contributed by atoms with van der Waals surface area (Å²) in [6.45, 7) is 4.12. The largest absolute Gasteiger partial charge is 0.369 e. The second-order valence-electron chi connectivity index (χ2n) is 6.92. The number of anilines is 5.